The summed E-state index contributed by atoms with van der Waals surface area (Å²) < 4.78 is 0. The highest BCUT2D eigenvalue weighted by atomic mass is 16.4. The van der Waals surface area contributed by atoms with Gasteiger partial charge in [0.15, 0.2) is 0 Å². The molecule has 1 rings (SSSR count). The number of hydrogen-bond donors (Lipinski definition) is 2. The Morgan fingerprint density at radius 1 is 1.21 bits per heavy atom. The van der Waals surface area contributed by atoms with Crippen LogP contribution in [0, 0.1) is 5.92 Å². The summed E-state index contributed by atoms with van der Waals surface area (Å²) >= 11 is 0. The van der Waals surface area contributed by atoms with Gasteiger partial charge in [-0.25, -0.2) is 9.59 Å². The fraction of sp³-hybridized carbons (Fsp3) is 0.556. The predicted octanol–water partition coefficient (Wildman–Crippen LogP) is 1.02. The molecule has 5 nitrogen and oxygen atoms in total. The van der Waals surface area contributed by atoms with E-state index in [2.05, 4.69) is 6.58 Å². The molecule has 1 saturated heterocycles. The lowest BCUT2D eigenvalue weighted by atomic mass is 9.90. The van der Waals surface area contributed by atoms with Crippen LogP contribution >= 0.6 is 0 Å². The molecular formula is C9H13NO4. The highest BCUT2D eigenvalue weighted by molar-refractivity contribution is 5.86. The molecule has 0 spiro atoms. The first-order chi connectivity index (χ1) is 6.52. The number of nitrogens with zero attached hydrogens (tertiary/aromatic N) is 1. The second-order valence-corrected chi connectivity index (χ2v) is 3.37. The first kappa shape index (κ1) is 10.6. The van der Waals surface area contributed by atoms with Crippen molar-refractivity contribution in [1.29, 1.82) is 0 Å². The summed E-state index contributed by atoms with van der Waals surface area (Å²) in [5, 5.41) is 17.3. The van der Waals surface area contributed by atoms with Crippen molar-refractivity contribution in [1.82, 2.24) is 4.90 Å². The van der Waals surface area contributed by atoms with E-state index in [1.54, 1.807) is 0 Å². The van der Waals surface area contributed by atoms with Crippen LogP contribution in [0.4, 0.5) is 4.79 Å². The molecule has 0 aliphatic carbocycles. The van der Waals surface area contributed by atoms with E-state index in [1.807, 2.05) is 0 Å². The summed E-state index contributed by atoms with van der Waals surface area (Å²) in [6, 6.07) is 0. The standard InChI is InChI=1S/C9H13NO4/c1-6(8(11)12)7-2-4-10(5-3-7)9(13)14/h7H,1-5H2,(H,11,12)(H,13,14). The quantitative estimate of drug-likeness (QED) is 0.651. The van der Waals surface area contributed by atoms with E-state index in [-0.39, 0.29) is 11.5 Å². The Morgan fingerprint density at radius 3 is 2.07 bits per heavy atom. The summed E-state index contributed by atoms with van der Waals surface area (Å²) in [5.74, 6) is -1.07. The van der Waals surface area contributed by atoms with Crippen LogP contribution < -0.4 is 0 Å². The maximum Gasteiger partial charge on any atom is 0.407 e. The SMILES string of the molecule is C=C(C(=O)O)C1CCN(C(=O)O)CC1. The molecule has 0 aromatic rings. The highest BCUT2D eigenvalue weighted by Gasteiger charge is 2.26. The smallest absolute Gasteiger partial charge is 0.407 e. The average molecular weight is 199 g/mol. The largest absolute Gasteiger partial charge is 0.478 e. The minimum Gasteiger partial charge on any atom is -0.478 e. The first-order valence-electron chi connectivity index (χ1n) is 4.42. The van der Waals surface area contributed by atoms with E-state index < -0.39 is 12.1 Å². The fourth-order valence-electron chi connectivity index (χ4n) is 1.59. The Kier molecular flexibility index (Phi) is 3.11. The second kappa shape index (κ2) is 4.13. The van der Waals surface area contributed by atoms with Crippen molar-refractivity contribution in [2.75, 3.05) is 13.1 Å². The van der Waals surface area contributed by atoms with Gasteiger partial charge in [-0.1, -0.05) is 6.58 Å². The van der Waals surface area contributed by atoms with Gasteiger partial charge in [0.1, 0.15) is 0 Å². The van der Waals surface area contributed by atoms with Gasteiger partial charge in [-0.05, 0) is 18.8 Å². The number of carboxylic acid groups (broad SMARTS) is 2. The number of aliphatic carboxylic acids is 1. The molecule has 0 radical (unpaired) electrons. The molecule has 0 unspecified atom stereocenters. The van der Waals surface area contributed by atoms with E-state index in [9.17, 15) is 9.59 Å². The third kappa shape index (κ3) is 2.25. The summed E-state index contributed by atoms with van der Waals surface area (Å²) in [7, 11) is 0. The summed E-state index contributed by atoms with van der Waals surface area (Å²) in [4.78, 5) is 22.4. The monoisotopic (exact) mass is 199 g/mol. The number of piperidine rings is 1. The third-order valence-electron chi connectivity index (χ3n) is 2.53. The number of carbonyl (C=O) groups is 2. The van der Waals surface area contributed by atoms with Crippen LogP contribution in [0.2, 0.25) is 0 Å². The highest BCUT2D eigenvalue weighted by Crippen LogP contribution is 2.23. The molecule has 2 N–H and O–H groups in total. The molecule has 0 atom stereocenters. The number of likely N-dealkylation sites (tertiary alicyclic amines) is 1. The van der Waals surface area contributed by atoms with E-state index in [0.29, 0.717) is 25.9 Å². The Hall–Kier alpha value is -1.52. The summed E-state index contributed by atoms with van der Waals surface area (Å²) in [6.07, 6.45) is 0.166. The lowest BCUT2D eigenvalue weighted by Crippen LogP contribution is -2.38. The Labute approximate surface area is 81.6 Å². The van der Waals surface area contributed by atoms with Crippen molar-refractivity contribution in [3.63, 3.8) is 0 Å². The number of amides is 1. The molecular weight excluding hydrogens is 186 g/mol. The van der Waals surface area contributed by atoms with Crippen molar-refractivity contribution >= 4 is 12.1 Å². The Morgan fingerprint density at radius 2 is 1.71 bits per heavy atom. The molecule has 1 aliphatic heterocycles. The maximum absolute atomic E-state index is 10.6. The molecule has 1 aliphatic rings. The zero-order valence-electron chi connectivity index (χ0n) is 7.77. The zero-order valence-corrected chi connectivity index (χ0v) is 7.77. The molecule has 1 heterocycles. The van der Waals surface area contributed by atoms with E-state index in [1.165, 1.54) is 4.90 Å². The van der Waals surface area contributed by atoms with Crippen LogP contribution in [0.1, 0.15) is 12.8 Å². The van der Waals surface area contributed by atoms with Crippen molar-refractivity contribution in [3.8, 4) is 0 Å². The predicted molar refractivity (Wildman–Crippen MR) is 49.1 cm³/mol. The number of carboxylic acids is 1. The average Bonchev–Trinajstić information content (AvgIpc) is 2.16. The molecule has 78 valence electrons. The van der Waals surface area contributed by atoms with Crippen molar-refractivity contribution < 1.29 is 19.8 Å². The lowest BCUT2D eigenvalue weighted by Gasteiger charge is -2.29. The number of rotatable bonds is 2. The van der Waals surface area contributed by atoms with Gasteiger partial charge in [0.2, 0.25) is 0 Å². The van der Waals surface area contributed by atoms with Crippen LogP contribution in [0.15, 0.2) is 12.2 Å². The summed E-state index contributed by atoms with van der Waals surface area (Å²) in [6.45, 7) is 4.27. The van der Waals surface area contributed by atoms with Gasteiger partial charge in [-0.3, -0.25) is 0 Å². The number of hydrogen-bond acceptors (Lipinski definition) is 2. The van der Waals surface area contributed by atoms with E-state index >= 15 is 0 Å². The van der Waals surface area contributed by atoms with Gasteiger partial charge in [0.05, 0.1) is 0 Å². The topological polar surface area (TPSA) is 77.8 Å². The fourth-order valence-corrected chi connectivity index (χ4v) is 1.59. The van der Waals surface area contributed by atoms with E-state index in [4.69, 9.17) is 10.2 Å². The Bertz CT molecular complexity index is 266. The molecule has 0 aromatic carbocycles. The van der Waals surface area contributed by atoms with Gasteiger partial charge >= 0.3 is 12.1 Å². The van der Waals surface area contributed by atoms with Gasteiger partial charge < -0.3 is 15.1 Å². The van der Waals surface area contributed by atoms with Crippen molar-refractivity contribution in [2.45, 2.75) is 12.8 Å². The normalized spacial score (nSPS) is 17.9. The molecule has 0 saturated carbocycles. The van der Waals surface area contributed by atoms with Gasteiger partial charge in [-0.15, -0.1) is 0 Å². The lowest BCUT2D eigenvalue weighted by molar-refractivity contribution is -0.133. The van der Waals surface area contributed by atoms with Gasteiger partial charge in [0.25, 0.3) is 0 Å². The minimum atomic E-state index is -0.987. The van der Waals surface area contributed by atoms with Crippen LogP contribution in [-0.2, 0) is 4.79 Å². The molecule has 5 heteroatoms. The second-order valence-electron chi connectivity index (χ2n) is 3.37. The Balaban J connectivity index is 2.47. The molecule has 0 bridgehead atoms. The first-order valence-corrected chi connectivity index (χ1v) is 4.42. The van der Waals surface area contributed by atoms with Crippen LogP contribution in [0.25, 0.3) is 0 Å². The van der Waals surface area contributed by atoms with E-state index in [0.717, 1.165) is 0 Å². The maximum atomic E-state index is 10.6. The molecule has 14 heavy (non-hydrogen) atoms. The van der Waals surface area contributed by atoms with Crippen LogP contribution in [0.3, 0.4) is 0 Å². The minimum absolute atomic E-state index is 0.0805. The summed E-state index contributed by atoms with van der Waals surface area (Å²) in [5.41, 5.74) is 0.190. The van der Waals surface area contributed by atoms with Gasteiger partial charge in [-0.2, -0.15) is 0 Å². The van der Waals surface area contributed by atoms with Crippen molar-refractivity contribution in [3.05, 3.63) is 12.2 Å². The van der Waals surface area contributed by atoms with Crippen LogP contribution in [-0.4, -0.2) is 40.3 Å². The third-order valence-corrected chi connectivity index (χ3v) is 2.53. The van der Waals surface area contributed by atoms with Crippen LogP contribution in [0.5, 0.6) is 0 Å². The molecule has 1 amide bonds. The molecule has 0 aromatic heterocycles. The zero-order chi connectivity index (χ0) is 10.7. The van der Waals surface area contributed by atoms with Crippen molar-refractivity contribution in [2.24, 2.45) is 5.92 Å². The van der Waals surface area contributed by atoms with Gasteiger partial charge in [0, 0.05) is 18.7 Å². The molecule has 1 fully saturated rings.